The monoisotopic (exact) mass is 292 g/mol. The lowest BCUT2D eigenvalue weighted by Gasteiger charge is -2.08. The van der Waals surface area contributed by atoms with Gasteiger partial charge in [-0.15, -0.1) is 0 Å². The maximum Gasteiger partial charge on any atom is 0.333 e. The van der Waals surface area contributed by atoms with Gasteiger partial charge in [-0.25, -0.2) is 9.59 Å². The first kappa shape index (κ1) is 16.6. The SMILES string of the molecule is C=C(C)C(=O)OCCCCNC(=O)Nc1cccc(O)c1. The van der Waals surface area contributed by atoms with Crippen molar-refractivity contribution in [3.05, 3.63) is 36.4 Å². The van der Waals surface area contributed by atoms with Crippen molar-refractivity contribution in [2.45, 2.75) is 19.8 Å². The van der Waals surface area contributed by atoms with E-state index in [0.29, 0.717) is 37.3 Å². The minimum absolute atomic E-state index is 0.0899. The van der Waals surface area contributed by atoms with Crippen molar-refractivity contribution in [1.82, 2.24) is 5.32 Å². The number of phenolic OH excluding ortho intramolecular Hbond substituents is 1. The zero-order valence-corrected chi connectivity index (χ0v) is 12.0. The Balaban J connectivity index is 2.11. The van der Waals surface area contributed by atoms with Crippen LogP contribution in [0.15, 0.2) is 36.4 Å². The Morgan fingerprint density at radius 2 is 2.10 bits per heavy atom. The van der Waals surface area contributed by atoms with Crippen molar-refractivity contribution < 1.29 is 19.4 Å². The van der Waals surface area contributed by atoms with E-state index in [9.17, 15) is 14.7 Å². The van der Waals surface area contributed by atoms with Gasteiger partial charge >= 0.3 is 12.0 Å². The van der Waals surface area contributed by atoms with Crippen LogP contribution in [0.1, 0.15) is 19.8 Å². The maximum absolute atomic E-state index is 11.6. The topological polar surface area (TPSA) is 87.7 Å². The first-order valence-electron chi connectivity index (χ1n) is 6.65. The number of amides is 2. The summed E-state index contributed by atoms with van der Waals surface area (Å²) in [7, 11) is 0. The van der Waals surface area contributed by atoms with Gasteiger partial charge < -0.3 is 20.5 Å². The lowest BCUT2D eigenvalue weighted by atomic mass is 10.3. The van der Waals surface area contributed by atoms with E-state index >= 15 is 0 Å². The summed E-state index contributed by atoms with van der Waals surface area (Å²) in [5.41, 5.74) is 0.890. The van der Waals surface area contributed by atoms with Gasteiger partial charge in [-0.1, -0.05) is 12.6 Å². The first-order chi connectivity index (χ1) is 9.99. The number of ether oxygens (including phenoxy) is 1. The summed E-state index contributed by atoms with van der Waals surface area (Å²) < 4.78 is 4.92. The molecule has 1 rings (SSSR count). The highest BCUT2D eigenvalue weighted by atomic mass is 16.5. The largest absolute Gasteiger partial charge is 0.508 e. The summed E-state index contributed by atoms with van der Waals surface area (Å²) in [5.74, 6) is -0.309. The van der Waals surface area contributed by atoms with Gasteiger partial charge in [0.05, 0.1) is 6.61 Å². The van der Waals surface area contributed by atoms with Gasteiger partial charge in [-0.3, -0.25) is 0 Å². The molecule has 0 fully saturated rings. The Morgan fingerprint density at radius 1 is 1.33 bits per heavy atom. The molecule has 0 atom stereocenters. The molecule has 114 valence electrons. The average Bonchev–Trinajstić information content (AvgIpc) is 2.42. The molecule has 6 heteroatoms. The summed E-state index contributed by atoms with van der Waals surface area (Å²) in [6.07, 6.45) is 1.35. The second-order valence-corrected chi connectivity index (χ2v) is 4.55. The van der Waals surface area contributed by atoms with Crippen molar-refractivity contribution in [2.75, 3.05) is 18.5 Å². The number of esters is 1. The van der Waals surface area contributed by atoms with Crippen molar-refractivity contribution in [2.24, 2.45) is 0 Å². The molecule has 0 aliphatic rings. The Labute approximate surface area is 123 Å². The molecule has 21 heavy (non-hydrogen) atoms. The third-order valence-corrected chi connectivity index (χ3v) is 2.54. The third kappa shape index (κ3) is 7.00. The number of aromatic hydroxyl groups is 1. The highest BCUT2D eigenvalue weighted by Gasteiger charge is 2.03. The van der Waals surface area contributed by atoms with Crippen LogP contribution in [0, 0.1) is 0 Å². The van der Waals surface area contributed by atoms with Crippen LogP contribution in [0.4, 0.5) is 10.5 Å². The number of benzene rings is 1. The van der Waals surface area contributed by atoms with Crippen molar-refractivity contribution in [1.29, 1.82) is 0 Å². The molecule has 0 unspecified atom stereocenters. The molecule has 0 aromatic heterocycles. The summed E-state index contributed by atoms with van der Waals surface area (Å²) in [5, 5.41) is 14.5. The van der Waals surface area contributed by atoms with Crippen LogP contribution in [0.5, 0.6) is 5.75 Å². The van der Waals surface area contributed by atoms with E-state index in [2.05, 4.69) is 17.2 Å². The molecule has 0 radical (unpaired) electrons. The second kappa shape index (κ2) is 8.63. The van der Waals surface area contributed by atoms with E-state index in [-0.39, 0.29) is 11.8 Å². The number of unbranched alkanes of at least 4 members (excludes halogenated alkanes) is 1. The summed E-state index contributed by atoms with van der Waals surface area (Å²) in [6.45, 7) is 5.85. The molecule has 0 bridgehead atoms. The zero-order chi connectivity index (χ0) is 15.7. The van der Waals surface area contributed by atoms with Gasteiger partial charge in [0.15, 0.2) is 0 Å². The standard InChI is InChI=1S/C15H20N2O4/c1-11(2)14(19)21-9-4-3-8-16-15(20)17-12-6-5-7-13(18)10-12/h5-7,10,18H,1,3-4,8-9H2,2H3,(H2,16,17,20). The highest BCUT2D eigenvalue weighted by Crippen LogP contribution is 2.14. The number of urea groups is 1. The van der Waals surface area contributed by atoms with E-state index in [1.807, 2.05) is 0 Å². The predicted molar refractivity (Wildman–Crippen MR) is 80.1 cm³/mol. The molecular weight excluding hydrogens is 272 g/mol. The van der Waals surface area contributed by atoms with Crippen LogP contribution >= 0.6 is 0 Å². The van der Waals surface area contributed by atoms with E-state index in [1.54, 1.807) is 19.1 Å². The number of hydrogen-bond donors (Lipinski definition) is 3. The molecule has 6 nitrogen and oxygen atoms in total. The minimum Gasteiger partial charge on any atom is -0.508 e. The minimum atomic E-state index is -0.399. The lowest BCUT2D eigenvalue weighted by Crippen LogP contribution is -2.29. The summed E-state index contributed by atoms with van der Waals surface area (Å²) in [6, 6.07) is 5.95. The van der Waals surface area contributed by atoms with Crippen LogP contribution in [-0.4, -0.2) is 30.3 Å². The molecule has 3 N–H and O–H groups in total. The van der Waals surface area contributed by atoms with Crippen LogP contribution in [0.3, 0.4) is 0 Å². The van der Waals surface area contributed by atoms with Crippen molar-refractivity contribution in [3.8, 4) is 5.75 Å². The Morgan fingerprint density at radius 3 is 2.76 bits per heavy atom. The number of hydrogen-bond acceptors (Lipinski definition) is 4. The lowest BCUT2D eigenvalue weighted by molar-refractivity contribution is -0.139. The summed E-state index contributed by atoms with van der Waals surface area (Å²) in [4.78, 5) is 22.6. The average molecular weight is 292 g/mol. The van der Waals surface area contributed by atoms with E-state index < -0.39 is 5.97 Å². The van der Waals surface area contributed by atoms with Crippen LogP contribution in [-0.2, 0) is 9.53 Å². The quantitative estimate of drug-likeness (QED) is 0.409. The molecule has 0 aliphatic carbocycles. The van der Waals surface area contributed by atoms with E-state index in [0.717, 1.165) is 0 Å². The number of carbonyl (C=O) groups is 2. The molecule has 1 aromatic carbocycles. The molecule has 2 amide bonds. The van der Waals surface area contributed by atoms with Gasteiger partial charge in [-0.2, -0.15) is 0 Å². The van der Waals surface area contributed by atoms with Gasteiger partial charge in [0, 0.05) is 23.9 Å². The Bertz CT molecular complexity index is 514. The summed E-state index contributed by atoms with van der Waals surface area (Å²) >= 11 is 0. The fraction of sp³-hybridized carbons (Fsp3) is 0.333. The van der Waals surface area contributed by atoms with Gasteiger partial charge in [-0.05, 0) is 31.9 Å². The molecular formula is C15H20N2O4. The number of phenols is 1. The van der Waals surface area contributed by atoms with Crippen LogP contribution < -0.4 is 10.6 Å². The first-order valence-corrected chi connectivity index (χ1v) is 6.65. The molecule has 0 saturated carbocycles. The number of nitrogens with one attached hydrogen (secondary N) is 2. The normalized spacial score (nSPS) is 9.76. The molecule has 0 spiro atoms. The van der Waals surface area contributed by atoms with Gasteiger partial charge in [0.2, 0.25) is 0 Å². The maximum atomic E-state index is 11.6. The van der Waals surface area contributed by atoms with Crippen LogP contribution in [0.2, 0.25) is 0 Å². The Hall–Kier alpha value is -2.50. The zero-order valence-electron chi connectivity index (χ0n) is 12.0. The second-order valence-electron chi connectivity index (χ2n) is 4.55. The predicted octanol–water partition coefficient (Wildman–Crippen LogP) is 2.41. The smallest absolute Gasteiger partial charge is 0.333 e. The van der Waals surface area contributed by atoms with E-state index in [4.69, 9.17) is 4.74 Å². The fourth-order valence-electron chi connectivity index (χ4n) is 1.48. The number of carbonyl (C=O) groups excluding carboxylic acids is 2. The molecule has 0 heterocycles. The Kier molecular flexibility index (Phi) is 6.80. The highest BCUT2D eigenvalue weighted by molar-refractivity contribution is 5.89. The van der Waals surface area contributed by atoms with Crippen molar-refractivity contribution in [3.63, 3.8) is 0 Å². The molecule has 0 aliphatic heterocycles. The fourth-order valence-corrected chi connectivity index (χ4v) is 1.48. The van der Waals surface area contributed by atoms with Gasteiger partial charge in [0.25, 0.3) is 0 Å². The van der Waals surface area contributed by atoms with E-state index in [1.165, 1.54) is 12.1 Å². The third-order valence-electron chi connectivity index (χ3n) is 2.54. The van der Waals surface area contributed by atoms with Crippen molar-refractivity contribution >= 4 is 17.7 Å². The number of anilines is 1. The van der Waals surface area contributed by atoms with Crippen LogP contribution in [0.25, 0.3) is 0 Å². The number of rotatable bonds is 7. The molecule has 0 saturated heterocycles. The molecule has 1 aromatic rings. The van der Waals surface area contributed by atoms with Gasteiger partial charge in [0.1, 0.15) is 5.75 Å².